The summed E-state index contributed by atoms with van der Waals surface area (Å²) in [5.74, 6) is -0.198. The first-order chi connectivity index (χ1) is 20.2. The van der Waals surface area contributed by atoms with Gasteiger partial charge in [0.1, 0.15) is 24.4 Å². The predicted molar refractivity (Wildman–Crippen MR) is 154 cm³/mol. The van der Waals surface area contributed by atoms with Crippen molar-refractivity contribution >= 4 is 11.9 Å². The molecule has 1 heterocycles. The zero-order chi connectivity index (χ0) is 31.4. The van der Waals surface area contributed by atoms with Crippen LogP contribution in [0.15, 0.2) is 0 Å². The normalized spacial score (nSPS) is 50.2. The quantitative estimate of drug-likeness (QED) is 0.198. The van der Waals surface area contributed by atoms with Gasteiger partial charge in [-0.1, -0.05) is 20.8 Å². The van der Waals surface area contributed by atoms with Gasteiger partial charge in [-0.15, -0.1) is 0 Å². The summed E-state index contributed by atoms with van der Waals surface area (Å²) in [5, 5.41) is 66.0. The fourth-order valence-corrected chi connectivity index (χ4v) is 10.7. The fraction of sp³-hybridized carbons (Fsp3) is 0.938. The number of aliphatic hydroxyl groups is 5. The molecule has 16 atom stereocenters. The highest BCUT2D eigenvalue weighted by molar-refractivity contribution is 5.73. The molecule has 5 rings (SSSR count). The van der Waals surface area contributed by atoms with Gasteiger partial charge in [-0.25, -0.2) is 0 Å². The van der Waals surface area contributed by atoms with E-state index in [4.69, 9.17) is 9.47 Å². The van der Waals surface area contributed by atoms with Crippen molar-refractivity contribution in [1.29, 1.82) is 0 Å². The SMILES string of the molecule is CC(=O)N[C@H]1[C@H](O[C@@H]2CC[C@@]3(C)[C@@H](C2)[C@@H](O)[C@@H](O)[C@@H]2[C@@H]3CC[C@]3(C)[C@@H]([C@H](C)CCC(=O)O)CC[C@@H]23)O[C@H](CO)[C@@H](O)[C@@H]1O. The van der Waals surface area contributed by atoms with Gasteiger partial charge in [-0.2, -0.15) is 0 Å². The largest absolute Gasteiger partial charge is 0.481 e. The third kappa shape index (κ3) is 5.77. The molecule has 0 aromatic rings. The summed E-state index contributed by atoms with van der Waals surface area (Å²) < 4.78 is 12.1. The van der Waals surface area contributed by atoms with E-state index in [0.29, 0.717) is 25.2 Å². The average Bonchev–Trinajstić information content (AvgIpc) is 3.31. The van der Waals surface area contributed by atoms with Crippen LogP contribution in [-0.4, -0.2) is 98.1 Å². The van der Waals surface area contributed by atoms with Gasteiger partial charge in [0.25, 0.3) is 0 Å². The molecule has 4 saturated carbocycles. The molecule has 5 fully saturated rings. The van der Waals surface area contributed by atoms with Crippen molar-refractivity contribution in [1.82, 2.24) is 5.32 Å². The minimum atomic E-state index is -1.39. The average molecular weight is 612 g/mol. The number of ether oxygens (including phenoxy) is 2. The van der Waals surface area contributed by atoms with E-state index in [9.17, 15) is 40.2 Å². The zero-order valence-corrected chi connectivity index (χ0v) is 26.0. The number of fused-ring (bicyclic) bond motifs is 5. The van der Waals surface area contributed by atoms with Crippen LogP contribution in [0.3, 0.4) is 0 Å². The smallest absolute Gasteiger partial charge is 0.303 e. The van der Waals surface area contributed by atoms with Crippen molar-refractivity contribution in [3.05, 3.63) is 0 Å². The first kappa shape index (κ1) is 33.0. The fourth-order valence-electron chi connectivity index (χ4n) is 10.7. The Morgan fingerprint density at radius 1 is 0.930 bits per heavy atom. The molecule has 0 spiro atoms. The Bertz CT molecular complexity index is 1030. The Hall–Kier alpha value is -1.34. The number of amides is 1. The third-order valence-electron chi connectivity index (χ3n) is 12.9. The Morgan fingerprint density at radius 3 is 2.26 bits per heavy atom. The Labute approximate surface area is 254 Å². The highest BCUT2D eigenvalue weighted by Crippen LogP contribution is 2.68. The van der Waals surface area contributed by atoms with Crippen LogP contribution in [0.4, 0.5) is 0 Å². The number of carboxylic acid groups (broad SMARTS) is 1. The number of hydrogen-bond acceptors (Lipinski definition) is 9. The molecular weight excluding hydrogens is 558 g/mol. The first-order valence-electron chi connectivity index (χ1n) is 16.4. The van der Waals surface area contributed by atoms with E-state index in [-0.39, 0.29) is 52.9 Å². The molecule has 5 aliphatic rings. The Kier molecular flexibility index (Phi) is 9.57. The lowest BCUT2D eigenvalue weighted by Gasteiger charge is -2.64. The molecule has 11 heteroatoms. The minimum absolute atomic E-state index is 0.00892. The molecule has 0 aromatic carbocycles. The van der Waals surface area contributed by atoms with Crippen LogP contribution in [0.2, 0.25) is 0 Å². The summed E-state index contributed by atoms with van der Waals surface area (Å²) in [6, 6.07) is -1.03. The lowest BCUT2D eigenvalue weighted by Crippen LogP contribution is -2.66. The van der Waals surface area contributed by atoms with Crippen molar-refractivity contribution in [2.24, 2.45) is 46.3 Å². The van der Waals surface area contributed by atoms with Crippen LogP contribution in [0, 0.1) is 46.3 Å². The maximum Gasteiger partial charge on any atom is 0.303 e. The van der Waals surface area contributed by atoms with Gasteiger partial charge in [0.15, 0.2) is 6.29 Å². The predicted octanol–water partition coefficient (Wildman–Crippen LogP) is 1.42. The summed E-state index contributed by atoms with van der Waals surface area (Å²) in [4.78, 5) is 23.1. The van der Waals surface area contributed by atoms with Gasteiger partial charge in [0.05, 0.1) is 24.9 Å². The Balaban J connectivity index is 1.31. The topological polar surface area (TPSA) is 186 Å². The van der Waals surface area contributed by atoms with E-state index in [1.807, 2.05) is 0 Å². The van der Waals surface area contributed by atoms with E-state index in [0.717, 1.165) is 32.1 Å². The summed E-state index contributed by atoms with van der Waals surface area (Å²) in [6.45, 7) is 7.54. The highest BCUT2D eigenvalue weighted by Gasteiger charge is 2.65. The van der Waals surface area contributed by atoms with Crippen LogP contribution in [0.5, 0.6) is 0 Å². The number of carbonyl (C=O) groups excluding carboxylic acids is 1. The molecule has 0 aromatic heterocycles. The number of hydrogen-bond donors (Lipinski definition) is 7. The molecule has 1 amide bonds. The number of aliphatic hydroxyl groups excluding tert-OH is 5. The highest BCUT2D eigenvalue weighted by atomic mass is 16.7. The van der Waals surface area contributed by atoms with Crippen LogP contribution in [-0.2, 0) is 19.1 Å². The summed E-state index contributed by atoms with van der Waals surface area (Å²) in [6.07, 6.45) is -0.368. The van der Waals surface area contributed by atoms with Crippen molar-refractivity contribution in [2.75, 3.05) is 6.61 Å². The molecule has 0 radical (unpaired) electrons. The van der Waals surface area contributed by atoms with E-state index in [2.05, 4.69) is 26.1 Å². The maximum absolute atomic E-state index is 11.9. The van der Waals surface area contributed by atoms with Crippen molar-refractivity contribution in [3.8, 4) is 0 Å². The minimum Gasteiger partial charge on any atom is -0.481 e. The van der Waals surface area contributed by atoms with Gasteiger partial charge >= 0.3 is 5.97 Å². The maximum atomic E-state index is 11.9. The van der Waals surface area contributed by atoms with Gasteiger partial charge in [-0.3, -0.25) is 9.59 Å². The number of carboxylic acids is 1. The van der Waals surface area contributed by atoms with E-state index in [1.165, 1.54) is 6.92 Å². The molecule has 7 N–H and O–H groups in total. The lowest BCUT2D eigenvalue weighted by atomic mass is 9.43. The monoisotopic (exact) mass is 611 g/mol. The second kappa shape index (κ2) is 12.5. The van der Waals surface area contributed by atoms with Gasteiger partial charge < -0.3 is 45.4 Å². The summed E-state index contributed by atoms with van der Waals surface area (Å²) in [5.41, 5.74) is -0.194. The Morgan fingerprint density at radius 2 is 1.60 bits per heavy atom. The summed E-state index contributed by atoms with van der Waals surface area (Å²) >= 11 is 0. The molecule has 0 bridgehead atoms. The molecule has 246 valence electrons. The van der Waals surface area contributed by atoms with Crippen molar-refractivity contribution in [2.45, 2.75) is 134 Å². The van der Waals surface area contributed by atoms with E-state index >= 15 is 0 Å². The molecule has 1 aliphatic heterocycles. The molecule has 43 heavy (non-hydrogen) atoms. The summed E-state index contributed by atoms with van der Waals surface area (Å²) in [7, 11) is 0. The van der Waals surface area contributed by atoms with Crippen LogP contribution in [0.1, 0.15) is 85.5 Å². The van der Waals surface area contributed by atoms with Crippen LogP contribution < -0.4 is 5.32 Å². The number of carbonyl (C=O) groups is 2. The zero-order valence-electron chi connectivity index (χ0n) is 26.0. The van der Waals surface area contributed by atoms with Crippen LogP contribution >= 0.6 is 0 Å². The van der Waals surface area contributed by atoms with Crippen LogP contribution in [0.25, 0.3) is 0 Å². The molecule has 1 saturated heterocycles. The van der Waals surface area contributed by atoms with Gasteiger partial charge in [0, 0.05) is 13.3 Å². The molecule has 11 nitrogen and oxygen atoms in total. The van der Waals surface area contributed by atoms with Crippen molar-refractivity contribution < 1.29 is 49.7 Å². The molecular formula is C32H53NO10. The second-order valence-electron chi connectivity index (χ2n) is 15.0. The number of nitrogens with one attached hydrogen (secondary N) is 1. The lowest BCUT2D eigenvalue weighted by molar-refractivity contribution is -0.294. The van der Waals surface area contributed by atoms with Crippen molar-refractivity contribution in [3.63, 3.8) is 0 Å². The first-order valence-corrected chi connectivity index (χ1v) is 16.4. The van der Waals surface area contributed by atoms with Gasteiger partial charge in [-0.05, 0) is 97.7 Å². The van der Waals surface area contributed by atoms with E-state index < -0.39 is 61.3 Å². The molecule has 0 unspecified atom stereocenters. The number of rotatable bonds is 8. The number of aliphatic carboxylic acids is 1. The van der Waals surface area contributed by atoms with Gasteiger partial charge in [0.2, 0.25) is 5.91 Å². The standard InChI is InChI=1S/C32H53NO10/c1-15(5-8-23(36)37)18-6-7-19-24-20(10-12-31(18,19)3)32(4)11-9-17(13-21(32)26(38)28(24)40)42-30-25(33-16(2)35)29(41)27(39)22(14-34)43-30/h15,17-22,24-30,34,38-41H,5-14H2,1-4H3,(H,33,35)(H,36,37)/t15-,17-,18-,19+,20+,21+,22-,24+,25-,26-,27-,28+,29-,30-,31-,32-/m1/s1. The molecule has 4 aliphatic carbocycles. The third-order valence-corrected chi connectivity index (χ3v) is 12.9. The van der Waals surface area contributed by atoms with E-state index in [1.54, 1.807) is 0 Å². The second-order valence-corrected chi connectivity index (χ2v) is 15.0.